The highest BCUT2D eigenvalue weighted by Gasteiger charge is 2.30. The standard InChI is InChI=1S/C77H132O17P2/c1-5-9-13-17-21-25-29-32-35-38-42-45-49-53-57-61-74(79)87-67-72(93-76(81)63-59-55-51-47-41-28-24-20-16-12-8-4)69-91-95(83,84)89-65-71(78)66-90-96(85,86)92-70-73(94-77(82)64-60-56-52-48-44-40-37-34-31-27-23-19-15-11-7-3)68-88-75(80)62-58-54-50-46-43-39-36-33-30-26-22-18-14-10-6-2/h9,13,21-23,25-27,32-37,42,45,53,57,71-73,78H,5-8,10-12,14-20,24,28-31,38-41,43-44,46-52,54-56,58-70H2,1-4H3,(H,83,84)(H,85,86)/b13-9-,25-21-,26-22-,27-23-,35-32-,36-33-,37-34-,45-42-,57-53-. The first-order valence-corrected chi connectivity index (χ1v) is 40.1. The number of aliphatic hydroxyl groups is 1. The molecule has 0 aliphatic rings. The minimum atomic E-state index is -4.99. The lowest BCUT2D eigenvalue weighted by Crippen LogP contribution is -2.30. The summed E-state index contributed by atoms with van der Waals surface area (Å²) in [6.45, 7) is 4.55. The number of aliphatic hydroxyl groups excluding tert-OH is 1. The number of ether oxygens (including phenoxy) is 4. The first-order chi connectivity index (χ1) is 46.7. The molecule has 0 saturated heterocycles. The third-order valence-electron chi connectivity index (χ3n) is 15.3. The van der Waals surface area contributed by atoms with Crippen LogP contribution in [0.5, 0.6) is 0 Å². The molecule has 0 rings (SSSR count). The number of rotatable bonds is 69. The first-order valence-electron chi connectivity index (χ1n) is 37.1. The Labute approximate surface area is 581 Å². The number of carbonyl (C=O) groups is 4. The van der Waals surface area contributed by atoms with Crippen LogP contribution in [0.4, 0.5) is 0 Å². The van der Waals surface area contributed by atoms with Crippen LogP contribution in [0.3, 0.4) is 0 Å². The summed E-state index contributed by atoms with van der Waals surface area (Å²) in [5.41, 5.74) is 0. The van der Waals surface area contributed by atoms with Gasteiger partial charge in [-0.2, -0.15) is 0 Å². The van der Waals surface area contributed by atoms with E-state index < -0.39 is 97.5 Å². The molecule has 0 saturated carbocycles. The molecular formula is C77H132O17P2. The number of phosphoric ester groups is 2. The average molecular weight is 1390 g/mol. The van der Waals surface area contributed by atoms with E-state index in [1.165, 1.54) is 77.0 Å². The number of allylic oxidation sites excluding steroid dienone is 17. The molecule has 0 spiro atoms. The third kappa shape index (κ3) is 68.3. The molecule has 5 unspecified atom stereocenters. The lowest BCUT2D eigenvalue weighted by atomic mass is 10.1. The van der Waals surface area contributed by atoms with Gasteiger partial charge in [0.25, 0.3) is 0 Å². The minimum Gasteiger partial charge on any atom is -0.462 e. The van der Waals surface area contributed by atoms with Crippen molar-refractivity contribution >= 4 is 39.5 Å². The molecule has 0 radical (unpaired) electrons. The van der Waals surface area contributed by atoms with Crippen LogP contribution >= 0.6 is 15.6 Å². The highest BCUT2D eigenvalue weighted by atomic mass is 31.2. The van der Waals surface area contributed by atoms with Crippen LogP contribution < -0.4 is 0 Å². The van der Waals surface area contributed by atoms with Crippen molar-refractivity contribution in [1.82, 2.24) is 0 Å². The van der Waals surface area contributed by atoms with Gasteiger partial charge in [0.1, 0.15) is 19.3 Å². The maximum absolute atomic E-state index is 13.1. The Bertz CT molecular complexity index is 2250. The van der Waals surface area contributed by atoms with Gasteiger partial charge in [-0.15, -0.1) is 0 Å². The molecule has 96 heavy (non-hydrogen) atoms. The zero-order chi connectivity index (χ0) is 70.4. The predicted octanol–water partition coefficient (Wildman–Crippen LogP) is 21.0. The number of unbranched alkanes of at least 4 members (excludes halogenated alkanes) is 26. The zero-order valence-electron chi connectivity index (χ0n) is 60.0. The van der Waals surface area contributed by atoms with Gasteiger partial charge in [0.05, 0.1) is 32.8 Å². The summed E-state index contributed by atoms with van der Waals surface area (Å²) >= 11 is 0. The number of carbonyl (C=O) groups excluding carboxylic acids is 4. The van der Waals surface area contributed by atoms with Crippen LogP contribution in [0.25, 0.3) is 0 Å². The molecule has 19 heteroatoms. The molecule has 0 bridgehead atoms. The van der Waals surface area contributed by atoms with Gasteiger partial charge in [-0.1, -0.05) is 265 Å². The van der Waals surface area contributed by atoms with Gasteiger partial charge in [-0.05, 0) is 116 Å². The van der Waals surface area contributed by atoms with Crippen molar-refractivity contribution in [3.8, 4) is 0 Å². The molecule has 0 aliphatic carbocycles. The van der Waals surface area contributed by atoms with E-state index in [-0.39, 0.29) is 25.7 Å². The number of hydrogen-bond acceptors (Lipinski definition) is 15. The highest BCUT2D eigenvalue weighted by molar-refractivity contribution is 7.47. The Hall–Kier alpha value is -4.28. The van der Waals surface area contributed by atoms with E-state index >= 15 is 0 Å². The summed E-state index contributed by atoms with van der Waals surface area (Å²) in [5.74, 6) is -2.35. The minimum absolute atomic E-state index is 0.0703. The van der Waals surface area contributed by atoms with Crippen molar-refractivity contribution in [2.45, 2.75) is 316 Å². The SMILES string of the molecule is CC/C=C\C/C=C\C/C=C\C/C=C\C/C=C\CC(=O)OCC(COP(=O)(O)OCC(O)COP(=O)(O)OCC(COC(=O)CCCCCCC/C=C\C/C=C\CCCCC)OC(=O)CCCCCCC/C=C\C/C=C\CCCCC)OC(=O)CCCCCCCCCCCCC. The lowest BCUT2D eigenvalue weighted by molar-refractivity contribution is -0.161. The van der Waals surface area contributed by atoms with Crippen LogP contribution in [0.1, 0.15) is 297 Å². The van der Waals surface area contributed by atoms with E-state index in [1.54, 1.807) is 6.08 Å². The van der Waals surface area contributed by atoms with Crippen LogP contribution in [0, 0.1) is 0 Å². The number of hydrogen-bond donors (Lipinski definition) is 3. The van der Waals surface area contributed by atoms with Gasteiger partial charge in [-0.3, -0.25) is 37.3 Å². The molecule has 0 aromatic carbocycles. The maximum Gasteiger partial charge on any atom is 0.472 e. The molecule has 17 nitrogen and oxygen atoms in total. The van der Waals surface area contributed by atoms with Crippen molar-refractivity contribution in [3.63, 3.8) is 0 Å². The number of phosphoric acid groups is 2. The van der Waals surface area contributed by atoms with Crippen LogP contribution in [-0.2, 0) is 65.4 Å². The first kappa shape index (κ1) is 91.7. The van der Waals surface area contributed by atoms with Crippen molar-refractivity contribution in [2.24, 2.45) is 0 Å². The fraction of sp³-hybridized carbons (Fsp3) is 0.714. The van der Waals surface area contributed by atoms with Crippen molar-refractivity contribution in [3.05, 3.63) is 109 Å². The van der Waals surface area contributed by atoms with Crippen molar-refractivity contribution in [2.75, 3.05) is 39.6 Å². The molecule has 0 heterocycles. The van der Waals surface area contributed by atoms with Gasteiger partial charge in [0.2, 0.25) is 0 Å². The Morgan fingerprint density at radius 2 is 0.583 bits per heavy atom. The van der Waals surface area contributed by atoms with Gasteiger partial charge in [0, 0.05) is 19.3 Å². The largest absolute Gasteiger partial charge is 0.472 e. The summed E-state index contributed by atoms with van der Waals surface area (Å²) in [4.78, 5) is 72.6. The molecule has 0 fully saturated rings. The molecule has 3 N–H and O–H groups in total. The molecule has 0 aliphatic heterocycles. The van der Waals surface area contributed by atoms with Gasteiger partial charge in [-0.25, -0.2) is 9.13 Å². The monoisotopic (exact) mass is 1390 g/mol. The van der Waals surface area contributed by atoms with E-state index in [2.05, 4.69) is 113 Å². The smallest absolute Gasteiger partial charge is 0.462 e. The summed E-state index contributed by atoms with van der Waals surface area (Å²) in [6.07, 6.45) is 72.6. The summed E-state index contributed by atoms with van der Waals surface area (Å²) in [5, 5.41) is 10.6. The molecule has 0 amide bonds. The highest BCUT2D eigenvalue weighted by Crippen LogP contribution is 2.45. The van der Waals surface area contributed by atoms with Crippen LogP contribution in [0.2, 0.25) is 0 Å². The Morgan fingerprint density at radius 1 is 0.312 bits per heavy atom. The maximum atomic E-state index is 13.1. The average Bonchev–Trinajstić information content (AvgIpc) is 1.11. The quantitative estimate of drug-likeness (QED) is 0.0169. The second kappa shape index (κ2) is 69.2. The Morgan fingerprint density at radius 3 is 0.948 bits per heavy atom. The Kier molecular flexibility index (Phi) is 66.1. The second-order valence-corrected chi connectivity index (χ2v) is 27.4. The summed E-state index contributed by atoms with van der Waals surface area (Å²) < 4.78 is 68.2. The predicted molar refractivity (Wildman–Crippen MR) is 390 cm³/mol. The van der Waals surface area contributed by atoms with E-state index in [9.17, 15) is 43.2 Å². The van der Waals surface area contributed by atoms with Gasteiger partial charge >= 0.3 is 39.5 Å². The Balaban J connectivity index is 5.41. The topological polar surface area (TPSA) is 237 Å². The molecular weight excluding hydrogens is 1260 g/mol. The molecule has 5 atom stereocenters. The van der Waals surface area contributed by atoms with Crippen molar-refractivity contribution in [1.29, 1.82) is 0 Å². The second-order valence-electron chi connectivity index (χ2n) is 24.5. The molecule has 0 aromatic rings. The van der Waals surface area contributed by atoms with E-state index in [0.717, 1.165) is 141 Å². The molecule has 0 aromatic heterocycles. The van der Waals surface area contributed by atoms with Crippen LogP contribution in [-0.4, -0.2) is 96.7 Å². The van der Waals surface area contributed by atoms with Crippen molar-refractivity contribution < 1.29 is 80.2 Å². The van der Waals surface area contributed by atoms with Gasteiger partial charge < -0.3 is 33.8 Å². The summed E-state index contributed by atoms with van der Waals surface area (Å²) in [7, 11) is -9.97. The van der Waals surface area contributed by atoms with E-state index in [0.29, 0.717) is 25.7 Å². The molecule has 552 valence electrons. The zero-order valence-corrected chi connectivity index (χ0v) is 61.8. The van der Waals surface area contributed by atoms with Crippen LogP contribution in [0.15, 0.2) is 109 Å². The van der Waals surface area contributed by atoms with E-state index in [4.69, 9.17) is 37.0 Å². The fourth-order valence-electron chi connectivity index (χ4n) is 9.59. The lowest BCUT2D eigenvalue weighted by Gasteiger charge is -2.21. The fourth-order valence-corrected chi connectivity index (χ4v) is 11.2. The number of esters is 4. The van der Waals surface area contributed by atoms with Gasteiger partial charge in [0.15, 0.2) is 12.2 Å². The van der Waals surface area contributed by atoms with E-state index in [1.807, 2.05) is 18.2 Å². The third-order valence-corrected chi connectivity index (χ3v) is 17.2. The normalized spacial score (nSPS) is 14.6. The summed E-state index contributed by atoms with van der Waals surface area (Å²) in [6, 6.07) is 0.